The van der Waals surface area contributed by atoms with Crippen LogP contribution in [0.1, 0.15) is 32.7 Å². The highest BCUT2D eigenvalue weighted by molar-refractivity contribution is 6.00. The predicted octanol–water partition coefficient (Wildman–Crippen LogP) is 3.68. The fourth-order valence-electron chi connectivity index (χ4n) is 4.47. The number of aromatic nitrogens is 1. The second kappa shape index (κ2) is 7.86. The Morgan fingerprint density at radius 3 is 2.30 bits per heavy atom. The van der Waals surface area contributed by atoms with Crippen LogP contribution in [0.5, 0.6) is 0 Å². The molecule has 1 aliphatic rings. The maximum absolute atomic E-state index is 13.0. The number of aromatic amines is 1. The van der Waals surface area contributed by atoms with Crippen LogP contribution in [-0.4, -0.2) is 53.0 Å². The van der Waals surface area contributed by atoms with Crippen molar-refractivity contribution in [2.24, 2.45) is 0 Å². The number of nitrogens with one attached hydrogen (secondary N) is 1. The summed E-state index contributed by atoms with van der Waals surface area (Å²) in [5.41, 5.74) is 6.21. The Balaban J connectivity index is 1.51. The van der Waals surface area contributed by atoms with E-state index in [0.717, 1.165) is 29.6 Å². The molecule has 2 N–H and O–H groups in total. The van der Waals surface area contributed by atoms with Crippen LogP contribution >= 0.6 is 0 Å². The van der Waals surface area contributed by atoms with E-state index in [0.29, 0.717) is 18.7 Å². The third-order valence-electron chi connectivity index (χ3n) is 5.99. The number of anilines is 1. The van der Waals surface area contributed by atoms with Crippen molar-refractivity contribution in [3.8, 4) is 0 Å². The Morgan fingerprint density at radius 2 is 1.67 bits per heavy atom. The Kier molecular flexibility index (Phi) is 5.24. The van der Waals surface area contributed by atoms with Crippen LogP contribution in [0.2, 0.25) is 0 Å². The van der Waals surface area contributed by atoms with Gasteiger partial charge in [0, 0.05) is 48.3 Å². The number of nitrogens with zero attached hydrogens (tertiary/aromatic N) is 2. The van der Waals surface area contributed by atoms with Gasteiger partial charge in [0.05, 0.1) is 6.42 Å². The minimum atomic E-state index is -1.04. The standard InChI is InChI=1S/C24H27N3O3/c1-15-7-8-20-18(13-15)19(22(25-20)24(29)30)14-21(28)26-9-11-27(12-10-26)23-16(2)5-4-6-17(23)3/h4-8,13,25H,9-12,14H2,1-3H3,(H,29,30). The number of carboxylic acids is 1. The Bertz CT molecular complexity index is 1100. The normalized spacial score (nSPS) is 14.4. The third kappa shape index (κ3) is 3.65. The summed E-state index contributed by atoms with van der Waals surface area (Å²) in [6, 6.07) is 12.0. The lowest BCUT2D eigenvalue weighted by Crippen LogP contribution is -2.49. The van der Waals surface area contributed by atoms with E-state index in [1.807, 2.05) is 30.0 Å². The molecular weight excluding hydrogens is 378 g/mol. The minimum absolute atomic E-state index is 0.0268. The first-order valence-electron chi connectivity index (χ1n) is 10.3. The molecule has 1 aliphatic heterocycles. The lowest BCUT2D eigenvalue weighted by molar-refractivity contribution is -0.130. The fraction of sp³-hybridized carbons (Fsp3) is 0.333. The summed E-state index contributed by atoms with van der Waals surface area (Å²) in [5, 5.41) is 10.4. The number of fused-ring (bicyclic) bond motifs is 1. The molecule has 0 bridgehead atoms. The monoisotopic (exact) mass is 405 g/mol. The second-order valence-corrected chi connectivity index (χ2v) is 8.12. The maximum Gasteiger partial charge on any atom is 0.352 e. The Morgan fingerprint density at radius 1 is 1.00 bits per heavy atom. The summed E-state index contributed by atoms with van der Waals surface area (Å²) in [7, 11) is 0. The van der Waals surface area contributed by atoms with Gasteiger partial charge in [0.2, 0.25) is 5.91 Å². The quantitative estimate of drug-likeness (QED) is 0.694. The summed E-state index contributed by atoms with van der Waals surface area (Å²) < 4.78 is 0. The number of aryl methyl sites for hydroxylation is 3. The smallest absolute Gasteiger partial charge is 0.352 e. The molecule has 1 amide bonds. The zero-order chi connectivity index (χ0) is 21.4. The number of piperazine rings is 1. The van der Waals surface area contributed by atoms with Crippen LogP contribution in [0.3, 0.4) is 0 Å². The minimum Gasteiger partial charge on any atom is -0.477 e. The number of para-hydroxylation sites is 1. The highest BCUT2D eigenvalue weighted by atomic mass is 16.4. The second-order valence-electron chi connectivity index (χ2n) is 8.12. The number of aromatic carboxylic acids is 1. The van der Waals surface area contributed by atoms with Gasteiger partial charge in [-0.3, -0.25) is 4.79 Å². The van der Waals surface area contributed by atoms with Crippen molar-refractivity contribution in [2.45, 2.75) is 27.2 Å². The van der Waals surface area contributed by atoms with Crippen molar-refractivity contribution in [3.05, 3.63) is 64.3 Å². The molecule has 3 aromatic rings. The highest BCUT2D eigenvalue weighted by Gasteiger charge is 2.26. The van der Waals surface area contributed by atoms with Gasteiger partial charge in [0.1, 0.15) is 5.69 Å². The maximum atomic E-state index is 13.0. The zero-order valence-electron chi connectivity index (χ0n) is 17.7. The summed E-state index contributed by atoms with van der Waals surface area (Å²) in [4.78, 5) is 31.9. The zero-order valence-corrected chi connectivity index (χ0v) is 17.7. The lowest BCUT2D eigenvalue weighted by atomic mass is 10.0. The van der Waals surface area contributed by atoms with Gasteiger partial charge in [0.25, 0.3) is 0 Å². The van der Waals surface area contributed by atoms with Crippen molar-refractivity contribution in [2.75, 3.05) is 31.1 Å². The first-order valence-corrected chi connectivity index (χ1v) is 10.3. The van der Waals surface area contributed by atoms with Gasteiger partial charge in [-0.25, -0.2) is 4.79 Å². The van der Waals surface area contributed by atoms with Crippen molar-refractivity contribution in [1.29, 1.82) is 0 Å². The number of rotatable bonds is 4. The van der Waals surface area contributed by atoms with Crippen LogP contribution in [0.4, 0.5) is 5.69 Å². The number of benzene rings is 2. The number of hydrogen-bond acceptors (Lipinski definition) is 3. The molecular formula is C24H27N3O3. The van der Waals surface area contributed by atoms with Gasteiger partial charge in [-0.2, -0.15) is 0 Å². The Labute approximate surface area is 176 Å². The molecule has 0 atom stereocenters. The fourth-order valence-corrected chi connectivity index (χ4v) is 4.47. The van der Waals surface area contributed by atoms with Gasteiger partial charge in [0.15, 0.2) is 0 Å². The number of H-pyrrole nitrogens is 1. The van der Waals surface area contributed by atoms with Gasteiger partial charge in [-0.05, 0) is 44.0 Å². The average molecular weight is 405 g/mol. The van der Waals surface area contributed by atoms with E-state index in [-0.39, 0.29) is 18.0 Å². The topological polar surface area (TPSA) is 76.6 Å². The van der Waals surface area contributed by atoms with Gasteiger partial charge in [-0.1, -0.05) is 29.8 Å². The largest absolute Gasteiger partial charge is 0.477 e. The highest BCUT2D eigenvalue weighted by Crippen LogP contribution is 2.27. The van der Waals surface area contributed by atoms with E-state index >= 15 is 0 Å². The number of hydrogen-bond donors (Lipinski definition) is 2. The lowest BCUT2D eigenvalue weighted by Gasteiger charge is -2.37. The molecule has 0 unspecified atom stereocenters. The first-order chi connectivity index (χ1) is 14.3. The van der Waals surface area contributed by atoms with Crippen LogP contribution in [0, 0.1) is 20.8 Å². The summed E-state index contributed by atoms with van der Waals surface area (Å²) in [5.74, 6) is -1.06. The summed E-state index contributed by atoms with van der Waals surface area (Å²) in [6.45, 7) is 9.02. The number of carboxylic acid groups (broad SMARTS) is 1. The van der Waals surface area contributed by atoms with Gasteiger partial charge in [-0.15, -0.1) is 0 Å². The molecule has 1 aromatic heterocycles. The van der Waals surface area contributed by atoms with Crippen molar-refractivity contribution in [3.63, 3.8) is 0 Å². The van der Waals surface area contributed by atoms with Crippen LogP contribution < -0.4 is 4.90 Å². The third-order valence-corrected chi connectivity index (χ3v) is 5.99. The van der Waals surface area contributed by atoms with Crippen LogP contribution in [0.25, 0.3) is 10.9 Å². The molecule has 2 heterocycles. The van der Waals surface area contributed by atoms with E-state index < -0.39 is 5.97 Å². The van der Waals surface area contributed by atoms with Crippen molar-refractivity contribution < 1.29 is 14.7 Å². The van der Waals surface area contributed by atoms with E-state index in [2.05, 4.69) is 41.9 Å². The molecule has 2 aromatic carbocycles. The molecule has 4 rings (SSSR count). The molecule has 156 valence electrons. The molecule has 6 heteroatoms. The van der Waals surface area contributed by atoms with E-state index in [4.69, 9.17) is 0 Å². The van der Waals surface area contributed by atoms with Crippen LogP contribution in [-0.2, 0) is 11.2 Å². The van der Waals surface area contributed by atoms with Gasteiger partial charge < -0.3 is 19.9 Å². The SMILES string of the molecule is Cc1ccc2[nH]c(C(=O)O)c(CC(=O)N3CCN(c4c(C)cccc4C)CC3)c2c1. The van der Waals surface area contributed by atoms with Gasteiger partial charge >= 0.3 is 5.97 Å². The number of amides is 1. The van der Waals surface area contributed by atoms with E-state index in [1.165, 1.54) is 16.8 Å². The molecule has 1 fully saturated rings. The first kappa shape index (κ1) is 20.0. The molecule has 1 saturated heterocycles. The molecule has 30 heavy (non-hydrogen) atoms. The number of carbonyl (C=O) groups is 2. The average Bonchev–Trinajstić information content (AvgIpc) is 3.06. The predicted molar refractivity (Wildman–Crippen MR) is 118 cm³/mol. The molecule has 0 radical (unpaired) electrons. The van der Waals surface area contributed by atoms with Crippen LogP contribution in [0.15, 0.2) is 36.4 Å². The molecule has 0 spiro atoms. The molecule has 6 nitrogen and oxygen atoms in total. The molecule has 0 saturated carbocycles. The van der Waals surface area contributed by atoms with E-state index in [9.17, 15) is 14.7 Å². The Hall–Kier alpha value is -3.28. The van der Waals surface area contributed by atoms with Crippen molar-refractivity contribution >= 4 is 28.5 Å². The number of carbonyl (C=O) groups excluding carboxylic acids is 1. The molecule has 0 aliphatic carbocycles. The summed E-state index contributed by atoms with van der Waals surface area (Å²) in [6.07, 6.45) is 0.0917. The summed E-state index contributed by atoms with van der Waals surface area (Å²) >= 11 is 0. The van der Waals surface area contributed by atoms with E-state index in [1.54, 1.807) is 0 Å². The van der Waals surface area contributed by atoms with Crippen molar-refractivity contribution in [1.82, 2.24) is 9.88 Å².